The third-order valence-electron chi connectivity index (χ3n) is 2.36. The molecule has 1 aromatic heterocycles. The van der Waals surface area contributed by atoms with Gasteiger partial charge >= 0.3 is 0 Å². The van der Waals surface area contributed by atoms with Crippen LogP contribution in [0.2, 0.25) is 0 Å². The summed E-state index contributed by atoms with van der Waals surface area (Å²) in [7, 11) is -3.74. The first-order valence-corrected chi connectivity index (χ1v) is 6.88. The van der Waals surface area contributed by atoms with Crippen molar-refractivity contribution in [1.82, 2.24) is 9.97 Å². The van der Waals surface area contributed by atoms with Crippen molar-refractivity contribution in [3.63, 3.8) is 0 Å². The Labute approximate surface area is 110 Å². The summed E-state index contributed by atoms with van der Waals surface area (Å²) in [4.78, 5) is 18.7. The van der Waals surface area contributed by atoms with Crippen molar-refractivity contribution < 1.29 is 13.2 Å². The van der Waals surface area contributed by atoms with Gasteiger partial charge in [-0.3, -0.25) is 4.79 Å². The molecule has 1 heterocycles. The summed E-state index contributed by atoms with van der Waals surface area (Å²) in [5.41, 5.74) is 0.454. The highest BCUT2D eigenvalue weighted by molar-refractivity contribution is 7.92. The number of Topliss-reactive ketones (excluding diaryl/α,β-unsaturated/α-hetero) is 1. The molecule has 0 aliphatic rings. The summed E-state index contributed by atoms with van der Waals surface area (Å²) >= 11 is 0. The number of carbonyl (C=O) groups excluding carboxylic acids is 1. The van der Waals surface area contributed by atoms with Crippen LogP contribution in [-0.4, -0.2) is 24.2 Å². The number of hydrogen-bond acceptors (Lipinski definition) is 5. The van der Waals surface area contributed by atoms with Crippen molar-refractivity contribution in [1.29, 1.82) is 0 Å². The van der Waals surface area contributed by atoms with Crippen LogP contribution in [0.25, 0.3) is 0 Å². The second-order valence-corrected chi connectivity index (χ2v) is 5.44. The highest BCUT2D eigenvalue weighted by atomic mass is 32.2. The maximum Gasteiger partial charge on any atom is 0.264 e. The first kappa shape index (κ1) is 13.2. The molecule has 0 bridgehead atoms. The molecule has 1 aromatic carbocycles. The standard InChI is InChI=1S/C12H11N3O3S/c1-9(16)10-3-5-11(6-4-10)19(17,18)15-12-13-7-2-8-14-12/h2-8H,1H3,(H,13,14,15). The Morgan fingerprint density at radius 2 is 1.68 bits per heavy atom. The molecule has 0 aliphatic carbocycles. The van der Waals surface area contributed by atoms with E-state index >= 15 is 0 Å². The molecule has 6 nitrogen and oxygen atoms in total. The minimum atomic E-state index is -3.74. The smallest absolute Gasteiger partial charge is 0.264 e. The number of ketones is 1. The van der Waals surface area contributed by atoms with Crippen LogP contribution in [0.15, 0.2) is 47.6 Å². The fraction of sp³-hybridized carbons (Fsp3) is 0.0833. The van der Waals surface area contributed by atoms with Crippen LogP contribution >= 0.6 is 0 Å². The summed E-state index contributed by atoms with van der Waals surface area (Å²) in [6.07, 6.45) is 2.87. The summed E-state index contributed by atoms with van der Waals surface area (Å²) in [6, 6.07) is 7.23. The van der Waals surface area contributed by atoms with E-state index in [9.17, 15) is 13.2 Å². The zero-order chi connectivity index (χ0) is 13.9. The van der Waals surface area contributed by atoms with E-state index in [-0.39, 0.29) is 16.6 Å². The second-order valence-electron chi connectivity index (χ2n) is 3.76. The van der Waals surface area contributed by atoms with Crippen molar-refractivity contribution >= 4 is 21.8 Å². The molecule has 0 radical (unpaired) electrons. The monoisotopic (exact) mass is 277 g/mol. The van der Waals surface area contributed by atoms with E-state index in [1.54, 1.807) is 6.07 Å². The van der Waals surface area contributed by atoms with Gasteiger partial charge in [0.1, 0.15) is 0 Å². The number of nitrogens with zero attached hydrogens (tertiary/aromatic N) is 2. The molecule has 0 spiro atoms. The van der Waals surface area contributed by atoms with Gasteiger partial charge in [-0.05, 0) is 25.1 Å². The largest absolute Gasteiger partial charge is 0.295 e. The average Bonchev–Trinajstić information content (AvgIpc) is 2.39. The summed E-state index contributed by atoms with van der Waals surface area (Å²) in [5, 5.41) is 0. The molecule has 0 amide bonds. The van der Waals surface area contributed by atoms with Gasteiger partial charge in [0.05, 0.1) is 4.90 Å². The van der Waals surface area contributed by atoms with Crippen LogP contribution < -0.4 is 4.72 Å². The van der Waals surface area contributed by atoms with Crippen molar-refractivity contribution in [2.24, 2.45) is 0 Å². The molecule has 0 fully saturated rings. The molecule has 7 heteroatoms. The first-order valence-electron chi connectivity index (χ1n) is 5.40. The first-order chi connectivity index (χ1) is 8.99. The molecule has 19 heavy (non-hydrogen) atoms. The number of aromatic nitrogens is 2. The van der Waals surface area contributed by atoms with Gasteiger partial charge in [-0.15, -0.1) is 0 Å². The molecule has 0 unspecified atom stereocenters. The van der Waals surface area contributed by atoms with Gasteiger partial charge in [-0.1, -0.05) is 12.1 Å². The van der Waals surface area contributed by atoms with Gasteiger partial charge < -0.3 is 0 Å². The van der Waals surface area contributed by atoms with Crippen molar-refractivity contribution in [3.05, 3.63) is 48.3 Å². The summed E-state index contributed by atoms with van der Waals surface area (Å²) in [5.74, 6) is -0.124. The number of carbonyl (C=O) groups is 1. The van der Waals surface area contributed by atoms with Crippen LogP contribution in [0.3, 0.4) is 0 Å². The molecule has 0 saturated heterocycles. The minimum absolute atomic E-state index is 0.00172. The van der Waals surface area contributed by atoms with Gasteiger partial charge in [-0.25, -0.2) is 23.1 Å². The van der Waals surface area contributed by atoms with E-state index in [1.807, 2.05) is 0 Å². The SMILES string of the molecule is CC(=O)c1ccc(S(=O)(=O)Nc2ncccn2)cc1. The Bertz CT molecular complexity index is 682. The minimum Gasteiger partial charge on any atom is -0.295 e. The van der Waals surface area contributed by atoms with Crippen LogP contribution in [0.1, 0.15) is 17.3 Å². The second kappa shape index (κ2) is 5.15. The van der Waals surface area contributed by atoms with Crippen LogP contribution in [0.5, 0.6) is 0 Å². The molecule has 98 valence electrons. The lowest BCUT2D eigenvalue weighted by molar-refractivity contribution is 0.101. The Balaban J connectivity index is 2.27. The predicted octanol–water partition coefficient (Wildman–Crippen LogP) is 1.48. The average molecular weight is 277 g/mol. The summed E-state index contributed by atoms with van der Waals surface area (Å²) < 4.78 is 26.3. The van der Waals surface area contributed by atoms with Crippen LogP contribution in [0, 0.1) is 0 Å². The lowest BCUT2D eigenvalue weighted by atomic mass is 10.2. The molecule has 0 saturated carbocycles. The van der Waals surface area contributed by atoms with E-state index < -0.39 is 10.0 Å². The Morgan fingerprint density at radius 3 is 2.21 bits per heavy atom. The number of hydrogen-bond donors (Lipinski definition) is 1. The van der Waals surface area contributed by atoms with E-state index in [4.69, 9.17) is 0 Å². The van der Waals surface area contributed by atoms with Gasteiger partial charge in [0.2, 0.25) is 5.95 Å². The lowest BCUT2D eigenvalue weighted by Gasteiger charge is -2.06. The van der Waals surface area contributed by atoms with Crippen molar-refractivity contribution in [3.8, 4) is 0 Å². The Hall–Kier alpha value is -2.28. The topological polar surface area (TPSA) is 89.0 Å². The molecular weight excluding hydrogens is 266 g/mol. The number of anilines is 1. The van der Waals surface area contributed by atoms with E-state index in [0.717, 1.165) is 0 Å². The molecular formula is C12H11N3O3S. The number of sulfonamides is 1. The van der Waals surface area contributed by atoms with Gasteiger partial charge in [0.25, 0.3) is 10.0 Å². The quantitative estimate of drug-likeness (QED) is 0.855. The molecule has 1 N–H and O–H groups in total. The molecule has 0 aliphatic heterocycles. The highest BCUT2D eigenvalue weighted by Gasteiger charge is 2.15. The third kappa shape index (κ3) is 3.14. The van der Waals surface area contributed by atoms with E-state index in [1.165, 1.54) is 43.6 Å². The van der Waals surface area contributed by atoms with Crippen LogP contribution in [0.4, 0.5) is 5.95 Å². The fourth-order valence-corrected chi connectivity index (χ4v) is 2.36. The van der Waals surface area contributed by atoms with E-state index in [2.05, 4.69) is 14.7 Å². The van der Waals surface area contributed by atoms with E-state index in [0.29, 0.717) is 5.56 Å². The maximum atomic E-state index is 12.0. The third-order valence-corrected chi connectivity index (χ3v) is 3.71. The van der Waals surface area contributed by atoms with Crippen molar-refractivity contribution in [2.75, 3.05) is 4.72 Å². The molecule has 2 aromatic rings. The fourth-order valence-electron chi connectivity index (χ4n) is 1.40. The maximum absolute atomic E-state index is 12.0. The zero-order valence-electron chi connectivity index (χ0n) is 10.1. The predicted molar refractivity (Wildman–Crippen MR) is 69.3 cm³/mol. The van der Waals surface area contributed by atoms with Crippen LogP contribution in [-0.2, 0) is 10.0 Å². The molecule has 2 rings (SSSR count). The van der Waals surface area contributed by atoms with Gasteiger partial charge in [0.15, 0.2) is 5.78 Å². The Kier molecular flexibility index (Phi) is 3.57. The Morgan fingerprint density at radius 1 is 1.11 bits per heavy atom. The zero-order valence-corrected chi connectivity index (χ0v) is 10.9. The number of rotatable bonds is 4. The molecule has 0 atom stereocenters. The number of nitrogens with one attached hydrogen (secondary N) is 1. The summed E-state index contributed by atoms with van der Waals surface area (Å²) in [6.45, 7) is 1.42. The number of benzene rings is 1. The van der Waals surface area contributed by atoms with Gasteiger partial charge in [0, 0.05) is 18.0 Å². The highest BCUT2D eigenvalue weighted by Crippen LogP contribution is 2.13. The van der Waals surface area contributed by atoms with Gasteiger partial charge in [-0.2, -0.15) is 0 Å². The van der Waals surface area contributed by atoms with Crippen molar-refractivity contribution in [2.45, 2.75) is 11.8 Å². The lowest BCUT2D eigenvalue weighted by Crippen LogP contribution is -2.14. The normalized spacial score (nSPS) is 11.0.